The molecule has 5 aromatic rings. The molecule has 0 aliphatic carbocycles. The highest BCUT2D eigenvalue weighted by Crippen LogP contribution is 2.36. The summed E-state index contributed by atoms with van der Waals surface area (Å²) in [5, 5.41) is 10.5. The molecule has 0 spiro atoms. The molecule has 3 heterocycles. The highest BCUT2D eigenvalue weighted by Gasteiger charge is 2.21. The third-order valence-corrected chi connectivity index (χ3v) is 7.58. The van der Waals surface area contributed by atoms with Crippen molar-refractivity contribution in [3.63, 3.8) is 0 Å². The van der Waals surface area contributed by atoms with Crippen molar-refractivity contribution in [2.45, 2.75) is 33.4 Å². The van der Waals surface area contributed by atoms with Crippen LogP contribution < -0.4 is 5.56 Å². The third kappa shape index (κ3) is 5.69. The van der Waals surface area contributed by atoms with Crippen LogP contribution in [0, 0.1) is 12.7 Å². The zero-order valence-electron chi connectivity index (χ0n) is 21.9. The zero-order chi connectivity index (χ0) is 28.2. The number of thiophene rings is 1. The normalized spacial score (nSPS) is 11.0. The Bertz CT molecular complexity index is 1730. The second-order valence-corrected chi connectivity index (χ2v) is 10.3. The zero-order valence-corrected chi connectivity index (χ0v) is 22.7. The summed E-state index contributed by atoms with van der Waals surface area (Å²) in [5.41, 5.74) is 3.34. The number of carbonyl (C=O) groups excluding carboxylic acids is 1. The van der Waals surface area contributed by atoms with E-state index in [2.05, 4.69) is 4.98 Å². The van der Waals surface area contributed by atoms with Gasteiger partial charge in [-0.05, 0) is 49.2 Å². The van der Waals surface area contributed by atoms with Crippen LogP contribution in [0.25, 0.3) is 32.3 Å². The first kappa shape index (κ1) is 27.0. The average molecular weight is 556 g/mol. The molecule has 40 heavy (non-hydrogen) atoms. The standard InChI is InChI=1S/C31H26FN3O4S/c1-19-28(27-14-13-26(40-27)22-11-12-23(33-17-22)18-39-20(2)36)31(38)35(16-15-21-7-4-3-5-8-21)30(34-19)24-9-6-10-25(32)29(24)37/h3-14,17,37H,15-16,18H2,1-2H3. The summed E-state index contributed by atoms with van der Waals surface area (Å²) in [5.74, 6) is -1.48. The maximum Gasteiger partial charge on any atom is 0.303 e. The van der Waals surface area contributed by atoms with Gasteiger partial charge in [0.05, 0.1) is 22.5 Å². The molecule has 0 atom stereocenters. The summed E-state index contributed by atoms with van der Waals surface area (Å²) in [4.78, 5) is 35.8. The van der Waals surface area contributed by atoms with Crippen LogP contribution in [0.3, 0.4) is 0 Å². The number of rotatable bonds is 8. The van der Waals surface area contributed by atoms with Crippen molar-refractivity contribution in [1.82, 2.24) is 14.5 Å². The molecule has 0 saturated carbocycles. The first-order valence-corrected chi connectivity index (χ1v) is 13.5. The Hall–Kier alpha value is -4.63. The van der Waals surface area contributed by atoms with E-state index in [0.29, 0.717) is 29.9 Å². The highest BCUT2D eigenvalue weighted by molar-refractivity contribution is 7.18. The van der Waals surface area contributed by atoms with E-state index in [1.54, 1.807) is 25.3 Å². The van der Waals surface area contributed by atoms with Gasteiger partial charge >= 0.3 is 5.97 Å². The number of aromatic hydroxyl groups is 1. The number of aryl methyl sites for hydroxylation is 2. The summed E-state index contributed by atoms with van der Waals surface area (Å²) in [7, 11) is 0. The monoisotopic (exact) mass is 555 g/mol. The first-order chi connectivity index (χ1) is 19.3. The van der Waals surface area contributed by atoms with Gasteiger partial charge in [-0.3, -0.25) is 19.1 Å². The number of halogens is 1. The Balaban J connectivity index is 1.54. The van der Waals surface area contributed by atoms with Gasteiger partial charge in [0.25, 0.3) is 5.56 Å². The molecule has 3 aromatic heterocycles. The predicted molar refractivity (Wildman–Crippen MR) is 152 cm³/mol. The molecule has 1 N–H and O–H groups in total. The second-order valence-electron chi connectivity index (χ2n) is 9.21. The number of hydrogen-bond acceptors (Lipinski definition) is 7. The van der Waals surface area contributed by atoms with Gasteiger partial charge in [0.1, 0.15) is 12.4 Å². The molecular formula is C31H26FN3O4S. The lowest BCUT2D eigenvalue weighted by atomic mass is 10.1. The van der Waals surface area contributed by atoms with Gasteiger partial charge in [-0.1, -0.05) is 42.5 Å². The topological polar surface area (TPSA) is 94.3 Å². The van der Waals surface area contributed by atoms with E-state index in [9.17, 15) is 19.1 Å². The molecule has 0 fully saturated rings. The van der Waals surface area contributed by atoms with Crippen LogP contribution in [0.1, 0.15) is 23.9 Å². The fourth-order valence-corrected chi connectivity index (χ4v) is 5.48. The summed E-state index contributed by atoms with van der Waals surface area (Å²) >= 11 is 1.43. The van der Waals surface area contributed by atoms with Crippen LogP contribution in [0.15, 0.2) is 83.8 Å². The molecule has 2 aromatic carbocycles. The molecule has 0 aliphatic rings. The third-order valence-electron chi connectivity index (χ3n) is 6.43. The number of phenols is 1. The smallest absolute Gasteiger partial charge is 0.303 e. The van der Waals surface area contributed by atoms with Crippen molar-refractivity contribution < 1.29 is 19.0 Å². The van der Waals surface area contributed by atoms with E-state index in [1.807, 2.05) is 48.5 Å². The Labute approximate surface area is 234 Å². The number of ether oxygens (including phenoxy) is 1. The van der Waals surface area contributed by atoms with E-state index in [1.165, 1.54) is 28.9 Å². The maximum atomic E-state index is 14.3. The van der Waals surface area contributed by atoms with Crippen LogP contribution in [0.4, 0.5) is 4.39 Å². The fourth-order valence-electron chi connectivity index (χ4n) is 4.40. The SMILES string of the molecule is CC(=O)OCc1ccc(-c2ccc(-c3c(C)nc(-c4cccc(F)c4O)n(CCc4ccccc4)c3=O)s2)cn1. The number of carbonyl (C=O) groups is 1. The number of nitrogens with zero attached hydrogens (tertiary/aromatic N) is 3. The van der Waals surface area contributed by atoms with Crippen molar-refractivity contribution in [2.24, 2.45) is 0 Å². The van der Waals surface area contributed by atoms with E-state index in [-0.39, 0.29) is 29.5 Å². The number of para-hydroxylation sites is 1. The summed E-state index contributed by atoms with van der Waals surface area (Å²) in [6.07, 6.45) is 2.25. The van der Waals surface area contributed by atoms with Crippen molar-refractivity contribution in [3.05, 3.63) is 112 Å². The molecular weight excluding hydrogens is 529 g/mol. The fraction of sp³-hybridized carbons (Fsp3) is 0.161. The minimum absolute atomic E-state index is 0.103. The minimum Gasteiger partial charge on any atom is -0.504 e. The lowest BCUT2D eigenvalue weighted by molar-refractivity contribution is -0.142. The van der Waals surface area contributed by atoms with E-state index < -0.39 is 11.6 Å². The number of aromatic nitrogens is 3. The molecule has 0 unspecified atom stereocenters. The van der Waals surface area contributed by atoms with Crippen molar-refractivity contribution in [3.8, 4) is 38.0 Å². The number of hydrogen-bond donors (Lipinski definition) is 1. The second kappa shape index (κ2) is 11.6. The number of esters is 1. The quantitative estimate of drug-likeness (QED) is 0.231. The summed E-state index contributed by atoms with van der Waals surface area (Å²) in [6, 6.07) is 21.4. The summed E-state index contributed by atoms with van der Waals surface area (Å²) < 4.78 is 20.8. The lowest BCUT2D eigenvalue weighted by Crippen LogP contribution is -2.27. The Morgan fingerprint density at radius 1 is 1.02 bits per heavy atom. The van der Waals surface area contributed by atoms with Crippen molar-refractivity contribution in [1.29, 1.82) is 0 Å². The predicted octanol–water partition coefficient (Wildman–Crippen LogP) is 6.16. The van der Waals surface area contributed by atoms with Gasteiger partial charge in [-0.15, -0.1) is 11.3 Å². The van der Waals surface area contributed by atoms with Crippen LogP contribution >= 0.6 is 11.3 Å². The van der Waals surface area contributed by atoms with Crippen LogP contribution in [-0.2, 0) is 29.1 Å². The largest absolute Gasteiger partial charge is 0.504 e. The Morgan fingerprint density at radius 2 is 1.80 bits per heavy atom. The molecule has 0 radical (unpaired) electrons. The first-order valence-electron chi connectivity index (χ1n) is 12.6. The van der Waals surface area contributed by atoms with Gasteiger partial charge in [0.2, 0.25) is 0 Å². The summed E-state index contributed by atoms with van der Waals surface area (Å²) in [6.45, 7) is 3.48. The molecule has 7 nitrogen and oxygen atoms in total. The van der Waals surface area contributed by atoms with E-state index >= 15 is 0 Å². The van der Waals surface area contributed by atoms with Gasteiger partial charge in [-0.2, -0.15) is 0 Å². The number of pyridine rings is 1. The molecule has 5 rings (SSSR count). The van der Waals surface area contributed by atoms with E-state index in [4.69, 9.17) is 9.72 Å². The lowest BCUT2D eigenvalue weighted by Gasteiger charge is -2.16. The Kier molecular flexibility index (Phi) is 7.84. The molecule has 0 amide bonds. The van der Waals surface area contributed by atoms with Crippen LogP contribution in [0.2, 0.25) is 0 Å². The minimum atomic E-state index is -0.779. The van der Waals surface area contributed by atoms with Gasteiger partial charge in [0.15, 0.2) is 11.6 Å². The van der Waals surface area contributed by atoms with E-state index in [0.717, 1.165) is 26.9 Å². The molecule has 202 valence electrons. The van der Waals surface area contributed by atoms with Gasteiger partial charge in [0, 0.05) is 35.0 Å². The van der Waals surface area contributed by atoms with Crippen LogP contribution in [0.5, 0.6) is 5.75 Å². The highest BCUT2D eigenvalue weighted by atomic mass is 32.1. The Morgan fingerprint density at radius 3 is 2.52 bits per heavy atom. The van der Waals surface area contributed by atoms with Crippen LogP contribution in [-0.4, -0.2) is 25.6 Å². The maximum absolute atomic E-state index is 14.3. The average Bonchev–Trinajstić information content (AvgIpc) is 3.43. The van der Waals surface area contributed by atoms with Crippen molar-refractivity contribution >= 4 is 17.3 Å². The molecule has 9 heteroatoms. The molecule has 0 bridgehead atoms. The number of phenolic OH excluding ortho intramolecular Hbond substituents is 1. The molecule has 0 aliphatic heterocycles. The molecule has 0 saturated heterocycles. The van der Waals surface area contributed by atoms with Gasteiger partial charge in [-0.25, -0.2) is 9.37 Å². The van der Waals surface area contributed by atoms with Crippen molar-refractivity contribution in [2.75, 3.05) is 0 Å². The number of benzene rings is 2. The van der Waals surface area contributed by atoms with Gasteiger partial charge < -0.3 is 9.84 Å².